The lowest BCUT2D eigenvalue weighted by Crippen LogP contribution is -2.08. The molecule has 0 fully saturated rings. The Labute approximate surface area is 61.2 Å². The second kappa shape index (κ2) is 3.07. The van der Waals surface area contributed by atoms with Crippen LogP contribution >= 0.6 is 11.6 Å². The summed E-state index contributed by atoms with van der Waals surface area (Å²) in [7, 11) is 0. The summed E-state index contributed by atoms with van der Waals surface area (Å²) in [5.41, 5.74) is 0. The summed E-state index contributed by atoms with van der Waals surface area (Å²) < 4.78 is 0. The van der Waals surface area contributed by atoms with Gasteiger partial charge >= 0.3 is 0 Å². The molecule has 1 aliphatic carbocycles. The van der Waals surface area contributed by atoms with Crippen LogP contribution in [0.2, 0.25) is 0 Å². The lowest BCUT2D eigenvalue weighted by Gasteiger charge is -2.14. The predicted molar refractivity (Wildman–Crippen MR) is 41.7 cm³/mol. The Morgan fingerprint density at radius 2 is 2.33 bits per heavy atom. The summed E-state index contributed by atoms with van der Waals surface area (Å²) in [6, 6.07) is 0. The Morgan fingerprint density at radius 1 is 1.56 bits per heavy atom. The van der Waals surface area contributed by atoms with Crippen LogP contribution in [-0.4, -0.2) is 5.38 Å². The molecule has 0 bridgehead atoms. The summed E-state index contributed by atoms with van der Waals surface area (Å²) in [6.45, 7) is 2.04. The zero-order chi connectivity index (χ0) is 6.69. The highest BCUT2D eigenvalue weighted by atomic mass is 35.5. The predicted octanol–water partition coefficient (Wildman–Crippen LogP) is 2.75. The van der Waals surface area contributed by atoms with Gasteiger partial charge in [0.25, 0.3) is 0 Å². The van der Waals surface area contributed by atoms with E-state index in [2.05, 4.69) is 24.3 Å². The van der Waals surface area contributed by atoms with Crippen molar-refractivity contribution in [2.45, 2.75) is 18.7 Å². The molecule has 0 amide bonds. The van der Waals surface area contributed by atoms with Gasteiger partial charge in [-0.25, -0.2) is 0 Å². The normalized spacial score (nSPS) is 28.4. The second-order valence-electron chi connectivity index (χ2n) is 2.39. The van der Waals surface area contributed by atoms with Crippen molar-refractivity contribution < 1.29 is 0 Å². The molecule has 0 aliphatic heterocycles. The highest BCUT2D eigenvalue weighted by molar-refractivity contribution is 6.20. The number of allylic oxidation sites excluding steroid dienone is 4. The fourth-order valence-corrected chi connectivity index (χ4v) is 1.13. The third kappa shape index (κ3) is 1.87. The van der Waals surface area contributed by atoms with E-state index >= 15 is 0 Å². The smallest absolute Gasteiger partial charge is 0.0373 e. The second-order valence-corrected chi connectivity index (χ2v) is 3.08. The van der Waals surface area contributed by atoms with Crippen molar-refractivity contribution in [1.29, 1.82) is 0 Å². The van der Waals surface area contributed by atoms with E-state index in [-0.39, 0.29) is 5.38 Å². The van der Waals surface area contributed by atoms with Gasteiger partial charge in [-0.3, -0.25) is 0 Å². The fraction of sp³-hybridized carbons (Fsp3) is 0.500. The van der Waals surface area contributed by atoms with Crippen LogP contribution in [0.3, 0.4) is 0 Å². The molecule has 0 nitrogen and oxygen atoms in total. The molecule has 0 saturated carbocycles. The van der Waals surface area contributed by atoms with E-state index < -0.39 is 0 Å². The molecule has 0 aromatic carbocycles. The quantitative estimate of drug-likeness (QED) is 0.494. The van der Waals surface area contributed by atoms with Crippen LogP contribution in [0.15, 0.2) is 24.3 Å². The maximum Gasteiger partial charge on any atom is 0.0373 e. The Bertz CT molecular complexity index is 134. The minimum Gasteiger partial charge on any atom is -0.123 e. The first-order chi connectivity index (χ1) is 4.30. The number of hydrogen-bond acceptors (Lipinski definition) is 0. The molecular formula is C8H11Cl. The van der Waals surface area contributed by atoms with Crippen molar-refractivity contribution in [3.8, 4) is 0 Å². The van der Waals surface area contributed by atoms with Crippen molar-refractivity contribution in [2.75, 3.05) is 0 Å². The molecular weight excluding hydrogens is 132 g/mol. The van der Waals surface area contributed by atoms with Gasteiger partial charge in [-0.15, -0.1) is 11.6 Å². The summed E-state index contributed by atoms with van der Waals surface area (Å²) >= 11 is 5.87. The lowest BCUT2D eigenvalue weighted by atomic mass is 9.98. The molecule has 9 heavy (non-hydrogen) atoms. The van der Waals surface area contributed by atoms with Crippen molar-refractivity contribution >= 4 is 11.6 Å². The first-order valence-corrected chi connectivity index (χ1v) is 3.72. The monoisotopic (exact) mass is 142 g/mol. The highest BCUT2D eigenvalue weighted by Gasteiger charge is 2.10. The first-order valence-electron chi connectivity index (χ1n) is 3.28. The maximum absolute atomic E-state index is 5.87. The van der Waals surface area contributed by atoms with Crippen LogP contribution in [0.5, 0.6) is 0 Å². The van der Waals surface area contributed by atoms with E-state index in [1.807, 2.05) is 6.92 Å². The van der Waals surface area contributed by atoms with Crippen molar-refractivity contribution in [3.63, 3.8) is 0 Å². The van der Waals surface area contributed by atoms with Crippen LogP contribution in [0.4, 0.5) is 0 Å². The third-order valence-electron chi connectivity index (χ3n) is 1.60. The zero-order valence-electron chi connectivity index (χ0n) is 5.55. The van der Waals surface area contributed by atoms with Gasteiger partial charge in [-0.1, -0.05) is 24.3 Å². The first kappa shape index (κ1) is 6.88. The molecule has 50 valence electrons. The van der Waals surface area contributed by atoms with Crippen LogP contribution in [0.1, 0.15) is 13.3 Å². The van der Waals surface area contributed by atoms with Crippen LogP contribution in [-0.2, 0) is 0 Å². The van der Waals surface area contributed by atoms with Crippen LogP contribution < -0.4 is 0 Å². The summed E-state index contributed by atoms with van der Waals surface area (Å²) in [6.07, 6.45) is 9.55. The minimum absolute atomic E-state index is 0.270. The molecule has 0 aromatic heterocycles. The van der Waals surface area contributed by atoms with Gasteiger partial charge in [-0.2, -0.15) is 0 Å². The van der Waals surface area contributed by atoms with E-state index in [1.165, 1.54) is 0 Å². The fourth-order valence-electron chi connectivity index (χ4n) is 0.940. The van der Waals surface area contributed by atoms with Gasteiger partial charge < -0.3 is 0 Å². The molecule has 0 heterocycles. The largest absolute Gasteiger partial charge is 0.123 e. The van der Waals surface area contributed by atoms with Gasteiger partial charge in [0, 0.05) is 5.38 Å². The standard InChI is InChI=1S/C8H11Cl/c1-7(9)8-5-3-2-4-6-8/h2-5,7-8H,6H2,1H3/t7-,8+/m1/s1. The zero-order valence-corrected chi connectivity index (χ0v) is 6.31. The van der Waals surface area contributed by atoms with Gasteiger partial charge in [-0.05, 0) is 19.3 Å². The average molecular weight is 143 g/mol. The number of hydrogen-bond donors (Lipinski definition) is 0. The minimum atomic E-state index is 0.270. The third-order valence-corrected chi connectivity index (χ3v) is 1.93. The van der Waals surface area contributed by atoms with E-state index in [0.29, 0.717) is 5.92 Å². The average Bonchev–Trinajstić information content (AvgIpc) is 1.90. The molecule has 0 spiro atoms. The number of rotatable bonds is 1. The molecule has 0 saturated heterocycles. The maximum atomic E-state index is 5.87. The van der Waals surface area contributed by atoms with Crippen LogP contribution in [0.25, 0.3) is 0 Å². The van der Waals surface area contributed by atoms with Gasteiger partial charge in [0.1, 0.15) is 0 Å². The van der Waals surface area contributed by atoms with Crippen molar-refractivity contribution in [2.24, 2.45) is 5.92 Å². The molecule has 2 atom stereocenters. The molecule has 1 heteroatoms. The highest BCUT2D eigenvalue weighted by Crippen LogP contribution is 2.19. The molecule has 0 unspecified atom stereocenters. The van der Waals surface area contributed by atoms with E-state index in [0.717, 1.165) is 6.42 Å². The molecule has 1 rings (SSSR count). The van der Waals surface area contributed by atoms with E-state index in [1.54, 1.807) is 0 Å². The Morgan fingerprint density at radius 3 is 2.67 bits per heavy atom. The van der Waals surface area contributed by atoms with Gasteiger partial charge in [0.05, 0.1) is 0 Å². The summed E-state index contributed by atoms with van der Waals surface area (Å²) in [4.78, 5) is 0. The topological polar surface area (TPSA) is 0 Å². The van der Waals surface area contributed by atoms with Crippen molar-refractivity contribution in [1.82, 2.24) is 0 Å². The summed E-state index contributed by atoms with van der Waals surface area (Å²) in [5.74, 6) is 0.552. The van der Waals surface area contributed by atoms with Gasteiger partial charge in [0.2, 0.25) is 0 Å². The lowest BCUT2D eigenvalue weighted by molar-refractivity contribution is 0.641. The molecule has 0 aromatic rings. The summed E-state index contributed by atoms with van der Waals surface area (Å²) in [5, 5.41) is 0.270. The number of halogens is 1. The van der Waals surface area contributed by atoms with E-state index in [9.17, 15) is 0 Å². The Balaban J connectivity index is 2.46. The van der Waals surface area contributed by atoms with Crippen molar-refractivity contribution in [3.05, 3.63) is 24.3 Å². The SMILES string of the molecule is C[C@@H](Cl)[C@H]1C=CC=CC1. The molecule has 0 radical (unpaired) electrons. The molecule has 1 aliphatic rings. The van der Waals surface area contributed by atoms with E-state index in [4.69, 9.17) is 11.6 Å². The Kier molecular flexibility index (Phi) is 2.35. The van der Waals surface area contributed by atoms with Crippen LogP contribution in [0, 0.1) is 5.92 Å². The van der Waals surface area contributed by atoms with Gasteiger partial charge in [0.15, 0.2) is 0 Å². The Hall–Kier alpha value is -0.230. The number of alkyl halides is 1. The molecule has 0 N–H and O–H groups in total.